The first-order valence-corrected chi connectivity index (χ1v) is 4.45. The van der Waals surface area contributed by atoms with Crippen LogP contribution >= 0.6 is 11.3 Å². The fourth-order valence-electron chi connectivity index (χ4n) is 0.707. The Morgan fingerprint density at radius 2 is 2.64 bits per heavy atom. The Hall–Kier alpha value is -0.900. The Balaban J connectivity index is 2.37. The van der Waals surface area contributed by atoms with Crippen molar-refractivity contribution in [3.05, 3.63) is 10.9 Å². The van der Waals surface area contributed by atoms with Gasteiger partial charge in [-0.2, -0.15) is 0 Å². The average Bonchev–Trinajstić information content (AvgIpc) is 2.40. The monoisotopic (exact) mass is 170 g/mol. The fourth-order valence-corrected chi connectivity index (χ4v) is 1.19. The minimum Gasteiger partial charge on any atom is -0.310 e. The van der Waals surface area contributed by atoms with E-state index in [1.807, 2.05) is 12.3 Å². The zero-order valence-electron chi connectivity index (χ0n) is 6.33. The van der Waals surface area contributed by atoms with Gasteiger partial charge in [0.2, 0.25) is 5.91 Å². The van der Waals surface area contributed by atoms with E-state index in [2.05, 4.69) is 10.3 Å². The molecule has 0 unspecified atom stereocenters. The summed E-state index contributed by atoms with van der Waals surface area (Å²) in [6.07, 6.45) is 1.44. The van der Waals surface area contributed by atoms with Gasteiger partial charge >= 0.3 is 0 Å². The number of rotatable bonds is 3. The molecule has 0 aliphatic carbocycles. The molecule has 0 aliphatic heterocycles. The van der Waals surface area contributed by atoms with Gasteiger partial charge in [-0.3, -0.25) is 4.79 Å². The molecule has 11 heavy (non-hydrogen) atoms. The molecule has 4 heteroatoms. The Labute approximate surface area is 69.5 Å². The highest BCUT2D eigenvalue weighted by Crippen LogP contribution is 2.06. The molecule has 1 heterocycles. The first kappa shape index (κ1) is 8.20. The molecule has 0 spiro atoms. The van der Waals surface area contributed by atoms with E-state index in [1.165, 1.54) is 11.3 Å². The van der Waals surface area contributed by atoms with Gasteiger partial charge in [-0.05, 0) is 6.42 Å². The van der Waals surface area contributed by atoms with Crippen LogP contribution in [0, 0.1) is 0 Å². The summed E-state index contributed by atoms with van der Waals surface area (Å²) in [7, 11) is 0. The first-order valence-electron chi connectivity index (χ1n) is 3.51. The molecule has 0 bridgehead atoms. The summed E-state index contributed by atoms with van der Waals surface area (Å²) in [5.74, 6) is 0.701. The molecule has 0 fully saturated rings. The highest BCUT2D eigenvalue weighted by Gasteiger charge is 2.00. The van der Waals surface area contributed by atoms with Gasteiger partial charge in [0.25, 0.3) is 0 Å². The molecule has 0 saturated heterocycles. The maximum atomic E-state index is 11.0. The quantitative estimate of drug-likeness (QED) is 0.752. The number of anilines is 1. The van der Waals surface area contributed by atoms with Crippen LogP contribution in [0.5, 0.6) is 0 Å². The summed E-state index contributed by atoms with van der Waals surface area (Å²) in [4.78, 5) is 14.9. The molecule has 0 aliphatic rings. The van der Waals surface area contributed by atoms with Crippen molar-refractivity contribution in [2.75, 3.05) is 5.32 Å². The second-order valence-electron chi connectivity index (χ2n) is 2.17. The van der Waals surface area contributed by atoms with Crippen LogP contribution in [0.4, 0.5) is 5.82 Å². The number of thiazole rings is 1. The van der Waals surface area contributed by atoms with Gasteiger partial charge in [0, 0.05) is 11.8 Å². The summed E-state index contributed by atoms with van der Waals surface area (Å²) < 4.78 is 0. The van der Waals surface area contributed by atoms with Crippen molar-refractivity contribution < 1.29 is 4.79 Å². The van der Waals surface area contributed by atoms with Crippen molar-refractivity contribution in [2.45, 2.75) is 19.8 Å². The van der Waals surface area contributed by atoms with E-state index in [0.717, 1.165) is 6.42 Å². The Kier molecular flexibility index (Phi) is 3.04. The number of amides is 1. The first-order chi connectivity index (χ1) is 5.33. The topological polar surface area (TPSA) is 42.0 Å². The minimum atomic E-state index is 0.0402. The van der Waals surface area contributed by atoms with Crippen LogP contribution in [-0.2, 0) is 4.79 Å². The molecule has 3 nitrogen and oxygen atoms in total. The number of nitrogens with one attached hydrogen (secondary N) is 1. The summed E-state index contributed by atoms with van der Waals surface area (Å²) in [5, 5.41) is 4.50. The largest absolute Gasteiger partial charge is 0.310 e. The van der Waals surface area contributed by atoms with Crippen molar-refractivity contribution in [3.8, 4) is 0 Å². The average molecular weight is 170 g/mol. The predicted octanol–water partition coefficient (Wildman–Crippen LogP) is 1.88. The molecule has 0 atom stereocenters. The minimum absolute atomic E-state index is 0.0402. The van der Waals surface area contributed by atoms with Crippen LogP contribution in [0.15, 0.2) is 10.9 Å². The van der Waals surface area contributed by atoms with E-state index in [0.29, 0.717) is 12.2 Å². The van der Waals surface area contributed by atoms with Gasteiger partial charge in [-0.25, -0.2) is 4.98 Å². The molecule has 1 aromatic rings. The van der Waals surface area contributed by atoms with Gasteiger partial charge in [0.15, 0.2) is 0 Å². The number of nitrogens with zero attached hydrogens (tertiary/aromatic N) is 1. The molecular formula is C7H10N2OS. The predicted molar refractivity (Wildman–Crippen MR) is 45.7 cm³/mol. The maximum Gasteiger partial charge on any atom is 0.225 e. The summed E-state index contributed by atoms with van der Waals surface area (Å²) in [5.41, 5.74) is 1.70. The van der Waals surface area contributed by atoms with E-state index >= 15 is 0 Å². The number of carbonyl (C=O) groups is 1. The smallest absolute Gasteiger partial charge is 0.225 e. The van der Waals surface area contributed by atoms with E-state index in [9.17, 15) is 4.79 Å². The van der Waals surface area contributed by atoms with E-state index in [4.69, 9.17) is 0 Å². The van der Waals surface area contributed by atoms with Gasteiger partial charge in [-0.15, -0.1) is 11.3 Å². The highest BCUT2D eigenvalue weighted by molar-refractivity contribution is 7.07. The lowest BCUT2D eigenvalue weighted by atomic mass is 10.3. The van der Waals surface area contributed by atoms with E-state index in [-0.39, 0.29) is 5.91 Å². The normalized spacial score (nSPS) is 9.55. The zero-order valence-corrected chi connectivity index (χ0v) is 7.15. The third kappa shape index (κ3) is 2.67. The van der Waals surface area contributed by atoms with Crippen molar-refractivity contribution in [3.63, 3.8) is 0 Å². The third-order valence-corrected chi connectivity index (χ3v) is 1.76. The second kappa shape index (κ2) is 4.08. The Bertz CT molecular complexity index is 220. The number of hydrogen-bond acceptors (Lipinski definition) is 3. The lowest BCUT2D eigenvalue weighted by Gasteiger charge is -1.97. The zero-order chi connectivity index (χ0) is 8.10. The second-order valence-corrected chi connectivity index (χ2v) is 2.89. The van der Waals surface area contributed by atoms with Crippen molar-refractivity contribution >= 4 is 23.1 Å². The van der Waals surface area contributed by atoms with Crippen molar-refractivity contribution in [1.82, 2.24) is 4.98 Å². The van der Waals surface area contributed by atoms with Crippen molar-refractivity contribution in [2.24, 2.45) is 0 Å². The van der Waals surface area contributed by atoms with Crippen LogP contribution in [0.2, 0.25) is 0 Å². The van der Waals surface area contributed by atoms with Gasteiger partial charge in [0.05, 0.1) is 5.51 Å². The van der Waals surface area contributed by atoms with Crippen LogP contribution in [0.3, 0.4) is 0 Å². The van der Waals surface area contributed by atoms with Crippen LogP contribution in [0.1, 0.15) is 19.8 Å². The third-order valence-electron chi connectivity index (χ3n) is 1.18. The van der Waals surface area contributed by atoms with E-state index < -0.39 is 0 Å². The lowest BCUT2D eigenvalue weighted by molar-refractivity contribution is -0.116. The molecule has 0 saturated carbocycles. The van der Waals surface area contributed by atoms with E-state index in [1.54, 1.807) is 5.51 Å². The molecule has 60 valence electrons. The maximum absolute atomic E-state index is 11.0. The molecule has 0 aromatic carbocycles. The van der Waals surface area contributed by atoms with Crippen LogP contribution < -0.4 is 5.32 Å². The number of hydrogen-bond donors (Lipinski definition) is 1. The molecule has 1 amide bonds. The number of carbonyl (C=O) groups excluding carboxylic acids is 1. The molecule has 1 aromatic heterocycles. The number of aromatic nitrogens is 1. The molecule has 1 N–H and O–H groups in total. The van der Waals surface area contributed by atoms with Crippen LogP contribution in [0.25, 0.3) is 0 Å². The lowest BCUT2D eigenvalue weighted by Crippen LogP contribution is -2.10. The molecule has 1 rings (SSSR count). The Morgan fingerprint density at radius 1 is 1.82 bits per heavy atom. The fraction of sp³-hybridized carbons (Fsp3) is 0.429. The molecule has 0 radical (unpaired) electrons. The van der Waals surface area contributed by atoms with Gasteiger partial charge in [0.1, 0.15) is 5.82 Å². The van der Waals surface area contributed by atoms with Crippen molar-refractivity contribution in [1.29, 1.82) is 0 Å². The summed E-state index contributed by atoms with van der Waals surface area (Å²) in [6.45, 7) is 1.97. The van der Waals surface area contributed by atoms with Crippen LogP contribution in [-0.4, -0.2) is 10.9 Å². The summed E-state index contributed by atoms with van der Waals surface area (Å²) >= 11 is 1.47. The molecular weight excluding hydrogens is 160 g/mol. The van der Waals surface area contributed by atoms with Gasteiger partial charge < -0.3 is 5.32 Å². The summed E-state index contributed by atoms with van der Waals surface area (Å²) in [6, 6.07) is 0. The highest BCUT2D eigenvalue weighted by atomic mass is 32.1. The van der Waals surface area contributed by atoms with Gasteiger partial charge in [-0.1, -0.05) is 6.92 Å². The SMILES string of the molecule is CCCC(=O)Nc1cscn1. The standard InChI is InChI=1S/C7H10N2OS/c1-2-3-7(10)9-6-4-11-5-8-6/h4-5H,2-3H2,1H3,(H,9,10). The Morgan fingerprint density at radius 3 is 3.18 bits per heavy atom.